The van der Waals surface area contributed by atoms with Gasteiger partial charge in [-0.2, -0.15) is 17.8 Å². The summed E-state index contributed by atoms with van der Waals surface area (Å²) in [7, 11) is -1.03. The highest BCUT2D eigenvalue weighted by Gasteiger charge is 2.31. The van der Waals surface area contributed by atoms with E-state index < -0.39 is 44.9 Å². The first-order valence-electron chi connectivity index (χ1n) is 21.6. The average Bonchev–Trinajstić information content (AvgIpc) is 3.90. The van der Waals surface area contributed by atoms with E-state index >= 15 is 8.78 Å². The van der Waals surface area contributed by atoms with E-state index in [0.717, 1.165) is 59.0 Å². The summed E-state index contributed by atoms with van der Waals surface area (Å²) in [4.78, 5) is 75.5. The van der Waals surface area contributed by atoms with Crippen molar-refractivity contribution in [2.75, 3.05) is 78.8 Å². The lowest BCUT2D eigenvalue weighted by Gasteiger charge is -2.37. The summed E-state index contributed by atoms with van der Waals surface area (Å²) in [5.41, 5.74) is 1.79. The fourth-order valence-electron chi connectivity index (χ4n) is 8.66. The zero-order chi connectivity index (χ0) is 46.4. The predicted molar refractivity (Wildman–Crippen MR) is 242 cm³/mol. The summed E-state index contributed by atoms with van der Waals surface area (Å²) >= 11 is 0. The number of amides is 4. The van der Waals surface area contributed by atoms with Gasteiger partial charge in [0.25, 0.3) is 0 Å². The zero-order valence-electron chi connectivity index (χ0n) is 36.4. The fourth-order valence-corrected chi connectivity index (χ4v) is 9.59. The Kier molecular flexibility index (Phi) is 11.9. The Morgan fingerprint density at radius 1 is 0.894 bits per heavy atom. The number of aromatic nitrogens is 6. The second-order valence-electron chi connectivity index (χ2n) is 16.6. The Morgan fingerprint density at radius 3 is 2.33 bits per heavy atom. The maximum absolute atomic E-state index is 15.6. The van der Waals surface area contributed by atoms with Crippen molar-refractivity contribution in [2.24, 2.45) is 13.0 Å². The van der Waals surface area contributed by atoms with Crippen molar-refractivity contribution in [1.29, 1.82) is 0 Å². The SMILES string of the molecule is CCN(C)S(=O)(=O)Nc1ccc(F)c(C(=O)c2c[nH]c3ncc(-c4cnc(N5CCN(C(=O)CC6CCN(c7ccc8c(N9CCC(=O)NC9=O)nn(C)c8c7)CC6)CC5)nc4)cc23)c1F. The molecule has 0 saturated carbocycles. The van der Waals surface area contributed by atoms with Gasteiger partial charge in [0.05, 0.1) is 16.8 Å². The number of imide groups is 1. The predicted octanol–water partition coefficient (Wildman–Crippen LogP) is 4.43. The Labute approximate surface area is 377 Å². The Bertz CT molecular complexity index is 3000. The quantitative estimate of drug-likeness (QED) is 0.146. The first kappa shape index (κ1) is 44.1. The third-order valence-electron chi connectivity index (χ3n) is 12.6. The number of piperazine rings is 1. The Balaban J connectivity index is 0.787. The zero-order valence-corrected chi connectivity index (χ0v) is 37.2. The summed E-state index contributed by atoms with van der Waals surface area (Å²) in [6.07, 6.45) is 8.55. The molecule has 3 aliphatic heterocycles. The number of anilines is 4. The number of hydrogen-bond donors (Lipinski definition) is 3. The van der Waals surface area contributed by atoms with E-state index in [1.807, 2.05) is 29.0 Å². The molecule has 0 unspecified atom stereocenters. The molecule has 4 aromatic heterocycles. The molecule has 344 valence electrons. The van der Waals surface area contributed by atoms with Gasteiger partial charge < -0.3 is 19.7 Å². The van der Waals surface area contributed by atoms with E-state index in [9.17, 15) is 27.6 Å². The molecule has 3 saturated heterocycles. The first-order valence-corrected chi connectivity index (χ1v) is 23.0. The van der Waals surface area contributed by atoms with Crippen LogP contribution in [0.5, 0.6) is 0 Å². The van der Waals surface area contributed by atoms with Crippen molar-refractivity contribution in [3.8, 4) is 11.1 Å². The van der Waals surface area contributed by atoms with Crippen molar-refractivity contribution >= 4 is 78.9 Å². The van der Waals surface area contributed by atoms with E-state index in [1.54, 1.807) is 36.3 Å². The topological polar surface area (TPSA) is 215 Å². The number of urea groups is 1. The number of ketones is 1. The largest absolute Gasteiger partial charge is 0.371 e. The third-order valence-corrected chi connectivity index (χ3v) is 14.2. The maximum atomic E-state index is 15.6. The number of aromatic amines is 1. The summed E-state index contributed by atoms with van der Waals surface area (Å²) in [6.45, 7) is 5.73. The van der Waals surface area contributed by atoms with Gasteiger partial charge >= 0.3 is 16.2 Å². The number of benzene rings is 2. The minimum atomic E-state index is -4.16. The maximum Gasteiger partial charge on any atom is 0.329 e. The molecule has 0 aliphatic carbocycles. The van der Waals surface area contributed by atoms with Crippen molar-refractivity contribution in [2.45, 2.75) is 32.6 Å². The molecule has 4 amide bonds. The number of aryl methyl sites for hydroxylation is 1. The lowest BCUT2D eigenvalue weighted by Crippen LogP contribution is -2.49. The highest BCUT2D eigenvalue weighted by molar-refractivity contribution is 7.90. The van der Waals surface area contributed by atoms with Crippen LogP contribution < -0.4 is 24.7 Å². The number of piperidine rings is 1. The van der Waals surface area contributed by atoms with Gasteiger partial charge in [-0.1, -0.05) is 6.92 Å². The second kappa shape index (κ2) is 17.7. The van der Waals surface area contributed by atoms with Crippen LogP contribution in [0.25, 0.3) is 33.1 Å². The summed E-state index contributed by atoms with van der Waals surface area (Å²) in [5, 5.41) is 8.07. The molecule has 66 heavy (non-hydrogen) atoms. The fraction of sp³-hybridized carbons (Fsp3) is 0.364. The van der Waals surface area contributed by atoms with Gasteiger partial charge in [0.1, 0.15) is 11.5 Å². The molecule has 0 bridgehead atoms. The number of nitrogens with one attached hydrogen (secondary N) is 3. The Morgan fingerprint density at radius 2 is 1.62 bits per heavy atom. The van der Waals surface area contributed by atoms with Gasteiger partial charge in [0, 0.05) is 137 Å². The molecule has 22 heteroatoms. The van der Waals surface area contributed by atoms with Crippen molar-refractivity contribution < 1.29 is 36.4 Å². The molecule has 3 N–H and O–H groups in total. The monoisotopic (exact) mass is 923 g/mol. The second-order valence-corrected chi connectivity index (χ2v) is 18.4. The summed E-state index contributed by atoms with van der Waals surface area (Å²) in [5.74, 6) is -2.40. The highest BCUT2D eigenvalue weighted by Crippen LogP contribution is 2.34. The lowest BCUT2D eigenvalue weighted by molar-refractivity contribution is -0.132. The smallest absolute Gasteiger partial charge is 0.329 e. The van der Waals surface area contributed by atoms with Gasteiger partial charge in [-0.25, -0.2) is 28.5 Å². The molecule has 3 fully saturated rings. The molecule has 0 spiro atoms. The first-order chi connectivity index (χ1) is 31.7. The molecule has 0 atom stereocenters. The van der Waals surface area contributed by atoms with Gasteiger partial charge in [-0.05, 0) is 55.2 Å². The molecule has 0 radical (unpaired) electrons. The van der Waals surface area contributed by atoms with E-state index in [2.05, 4.69) is 46.0 Å². The van der Waals surface area contributed by atoms with Crippen LogP contribution >= 0.6 is 0 Å². The van der Waals surface area contributed by atoms with Crippen LogP contribution in [-0.4, -0.2) is 130 Å². The van der Waals surface area contributed by atoms with Crippen LogP contribution in [0.4, 0.5) is 36.7 Å². The van der Waals surface area contributed by atoms with Crippen LogP contribution in [0.3, 0.4) is 0 Å². The van der Waals surface area contributed by atoms with Crippen LogP contribution in [0.15, 0.2) is 61.2 Å². The number of carbonyl (C=O) groups excluding carboxylic acids is 4. The molecule has 7 heterocycles. The molecule has 9 rings (SSSR count). The van der Waals surface area contributed by atoms with Crippen molar-refractivity contribution in [3.63, 3.8) is 0 Å². The highest BCUT2D eigenvalue weighted by atomic mass is 32.2. The average molecular weight is 924 g/mol. The number of pyridine rings is 1. The Hall–Kier alpha value is -7.07. The molecule has 6 aromatic rings. The number of carbonyl (C=O) groups is 4. The standard InChI is InChI=1S/C44H47F2N13O6S/c1-4-54(2)66(64,65)53-34-8-7-33(45)38(39(34)46)40(62)32-25-48-41-31(32)20-27(22-47-41)28-23-49-43(50-24-28)58-17-15-57(16-18-58)37(61)19-26-9-12-56(13-10-26)29-5-6-30-35(21-29)55(3)52-42(30)59-14-11-36(60)51-44(59)63/h5-8,20-26,53H,4,9-19H2,1-3H3,(H,47,48)(H,51,60,63). The van der Waals surface area contributed by atoms with Crippen LogP contribution in [0.1, 0.15) is 48.5 Å². The molecule has 19 nitrogen and oxygen atoms in total. The van der Waals surface area contributed by atoms with Crippen molar-refractivity contribution in [1.82, 2.24) is 44.2 Å². The number of halogens is 2. The van der Waals surface area contributed by atoms with Crippen molar-refractivity contribution in [3.05, 3.63) is 83.9 Å². The van der Waals surface area contributed by atoms with Crippen LogP contribution in [0, 0.1) is 17.6 Å². The molecule has 3 aliphatic rings. The summed E-state index contributed by atoms with van der Waals surface area (Å²) < 4.78 is 60.6. The number of hydrogen-bond acceptors (Lipinski definition) is 12. The number of H-pyrrole nitrogens is 1. The van der Waals surface area contributed by atoms with E-state index in [4.69, 9.17) is 0 Å². The van der Waals surface area contributed by atoms with Gasteiger partial charge in [0.2, 0.25) is 23.5 Å². The molecular weight excluding hydrogens is 877 g/mol. The van der Waals surface area contributed by atoms with E-state index in [-0.39, 0.29) is 48.2 Å². The number of fused-ring (bicyclic) bond motifs is 2. The normalized spacial score (nSPS) is 16.5. The third kappa shape index (κ3) is 8.48. The van der Waals surface area contributed by atoms with E-state index in [1.165, 1.54) is 18.1 Å². The van der Waals surface area contributed by atoms with Gasteiger partial charge in [-0.15, -0.1) is 0 Å². The lowest BCUT2D eigenvalue weighted by atomic mass is 9.92. The number of nitrogens with zero attached hydrogens (tertiary/aromatic N) is 10. The van der Waals surface area contributed by atoms with Gasteiger partial charge in [-0.3, -0.25) is 34.0 Å². The minimum Gasteiger partial charge on any atom is -0.371 e. The van der Waals surface area contributed by atoms with Crippen LogP contribution in [-0.2, 0) is 26.8 Å². The molecule has 2 aromatic carbocycles. The van der Waals surface area contributed by atoms with E-state index in [0.29, 0.717) is 61.1 Å². The van der Waals surface area contributed by atoms with Gasteiger partial charge in [0.15, 0.2) is 11.6 Å². The minimum absolute atomic E-state index is 0.0689. The molecular formula is C44H47F2N13O6S. The summed E-state index contributed by atoms with van der Waals surface area (Å²) in [6, 6.07) is 8.99. The van der Waals surface area contributed by atoms with Crippen LogP contribution in [0.2, 0.25) is 0 Å². The number of rotatable bonds is 12.